The fourth-order valence-electron chi connectivity index (χ4n) is 1.92. The number of rotatable bonds is 4. The topological polar surface area (TPSA) is 37.3 Å². The zero-order valence-electron chi connectivity index (χ0n) is 10.4. The second kappa shape index (κ2) is 5.15. The molecule has 0 amide bonds. The Kier molecular flexibility index (Phi) is 4.11. The molecule has 2 heteroatoms. The van der Waals surface area contributed by atoms with Crippen molar-refractivity contribution in [1.29, 1.82) is 0 Å². The van der Waals surface area contributed by atoms with Crippen molar-refractivity contribution >= 4 is 5.97 Å². The van der Waals surface area contributed by atoms with Crippen molar-refractivity contribution in [2.75, 3.05) is 0 Å². The molecule has 0 bridgehead atoms. The van der Waals surface area contributed by atoms with Crippen LogP contribution in [0.2, 0.25) is 0 Å². The van der Waals surface area contributed by atoms with Gasteiger partial charge in [0.2, 0.25) is 0 Å². The highest BCUT2D eigenvalue weighted by Crippen LogP contribution is 2.27. The molecule has 0 radical (unpaired) electrons. The lowest BCUT2D eigenvalue weighted by Crippen LogP contribution is -2.12. The van der Waals surface area contributed by atoms with E-state index in [4.69, 9.17) is 0 Å². The van der Waals surface area contributed by atoms with E-state index in [0.717, 1.165) is 11.1 Å². The first-order valence-corrected chi connectivity index (χ1v) is 5.80. The molecule has 0 saturated heterocycles. The molecular formula is C14H20O2. The molecule has 0 aliphatic heterocycles. The lowest BCUT2D eigenvalue weighted by atomic mass is 9.89. The van der Waals surface area contributed by atoms with Gasteiger partial charge in [-0.2, -0.15) is 0 Å². The Labute approximate surface area is 97.3 Å². The molecule has 0 saturated carbocycles. The van der Waals surface area contributed by atoms with Crippen LogP contribution in [0.1, 0.15) is 55.7 Å². The first-order chi connectivity index (χ1) is 7.47. The minimum atomic E-state index is -0.730. The second-order valence-corrected chi connectivity index (χ2v) is 4.57. The molecular weight excluding hydrogens is 200 g/mol. The number of carboxylic acid groups (broad SMARTS) is 1. The van der Waals surface area contributed by atoms with E-state index in [9.17, 15) is 9.90 Å². The summed E-state index contributed by atoms with van der Waals surface area (Å²) in [5.74, 6) is -0.671. The van der Waals surface area contributed by atoms with Crippen molar-refractivity contribution in [1.82, 2.24) is 0 Å². The highest BCUT2D eigenvalue weighted by molar-refractivity contribution is 5.76. The maximum absolute atomic E-state index is 11.2. The molecule has 1 aromatic carbocycles. The third-order valence-corrected chi connectivity index (χ3v) is 3.05. The van der Waals surface area contributed by atoms with Gasteiger partial charge in [0.05, 0.1) is 5.92 Å². The van der Waals surface area contributed by atoms with Crippen LogP contribution in [0.25, 0.3) is 0 Å². The Morgan fingerprint density at radius 3 is 2.44 bits per heavy atom. The predicted molar refractivity (Wildman–Crippen MR) is 65.9 cm³/mol. The molecule has 1 N–H and O–H groups in total. The van der Waals surface area contributed by atoms with Crippen LogP contribution in [0, 0.1) is 6.92 Å². The number of carboxylic acids is 1. The summed E-state index contributed by atoms with van der Waals surface area (Å²) in [5, 5.41) is 9.18. The Bertz CT molecular complexity index is 380. The van der Waals surface area contributed by atoms with Gasteiger partial charge in [0.1, 0.15) is 0 Å². The van der Waals surface area contributed by atoms with Crippen LogP contribution < -0.4 is 0 Å². The van der Waals surface area contributed by atoms with Crippen LogP contribution in [0.5, 0.6) is 0 Å². The van der Waals surface area contributed by atoms with Crippen molar-refractivity contribution in [3.05, 3.63) is 34.9 Å². The molecule has 1 atom stereocenters. The zero-order chi connectivity index (χ0) is 12.3. The van der Waals surface area contributed by atoms with Crippen LogP contribution in [0.4, 0.5) is 0 Å². The molecule has 0 spiro atoms. The van der Waals surface area contributed by atoms with Crippen LogP contribution in [-0.4, -0.2) is 11.1 Å². The maximum atomic E-state index is 11.2. The monoisotopic (exact) mass is 220 g/mol. The predicted octanol–water partition coefficient (Wildman–Crippen LogP) is 3.70. The molecule has 0 aromatic heterocycles. The van der Waals surface area contributed by atoms with Crippen LogP contribution in [-0.2, 0) is 4.79 Å². The van der Waals surface area contributed by atoms with E-state index in [0.29, 0.717) is 12.3 Å². The lowest BCUT2D eigenvalue weighted by Gasteiger charge is -2.16. The van der Waals surface area contributed by atoms with E-state index in [1.54, 1.807) is 0 Å². The van der Waals surface area contributed by atoms with Crippen LogP contribution in [0.15, 0.2) is 18.2 Å². The molecule has 2 nitrogen and oxygen atoms in total. The van der Waals surface area contributed by atoms with Crippen molar-refractivity contribution in [2.24, 2.45) is 0 Å². The summed E-state index contributed by atoms with van der Waals surface area (Å²) in [4.78, 5) is 11.2. The van der Waals surface area contributed by atoms with E-state index in [-0.39, 0.29) is 5.92 Å². The Balaban J connectivity index is 3.19. The van der Waals surface area contributed by atoms with E-state index in [1.807, 2.05) is 26.0 Å². The summed E-state index contributed by atoms with van der Waals surface area (Å²) in [5.41, 5.74) is 3.24. The van der Waals surface area contributed by atoms with Crippen molar-refractivity contribution in [3.8, 4) is 0 Å². The number of benzene rings is 1. The molecule has 0 fully saturated rings. The van der Waals surface area contributed by atoms with Gasteiger partial charge in [-0.05, 0) is 36.0 Å². The minimum Gasteiger partial charge on any atom is -0.481 e. The average molecular weight is 220 g/mol. The summed E-state index contributed by atoms with van der Waals surface area (Å²) >= 11 is 0. The van der Waals surface area contributed by atoms with Gasteiger partial charge in [-0.25, -0.2) is 0 Å². The van der Waals surface area contributed by atoms with E-state index in [2.05, 4.69) is 19.9 Å². The quantitative estimate of drug-likeness (QED) is 0.840. The van der Waals surface area contributed by atoms with Gasteiger partial charge in [-0.15, -0.1) is 0 Å². The number of hydrogen-bond acceptors (Lipinski definition) is 1. The standard InChI is InChI=1S/C14H20O2/c1-5-12(14(15)16)13-8-11(9(2)3)7-6-10(13)4/h6-9,12H,5H2,1-4H3,(H,15,16). The van der Waals surface area contributed by atoms with Crippen molar-refractivity contribution < 1.29 is 9.90 Å². The van der Waals surface area contributed by atoms with Gasteiger partial charge in [0.15, 0.2) is 0 Å². The highest BCUT2D eigenvalue weighted by atomic mass is 16.4. The number of aryl methyl sites for hydroxylation is 1. The summed E-state index contributed by atoms with van der Waals surface area (Å²) in [6.07, 6.45) is 0.637. The van der Waals surface area contributed by atoms with Crippen LogP contribution in [0.3, 0.4) is 0 Å². The van der Waals surface area contributed by atoms with Gasteiger partial charge in [-0.1, -0.05) is 39.0 Å². The van der Waals surface area contributed by atoms with Gasteiger partial charge in [0.25, 0.3) is 0 Å². The second-order valence-electron chi connectivity index (χ2n) is 4.57. The molecule has 1 rings (SSSR count). The van der Waals surface area contributed by atoms with Crippen LogP contribution >= 0.6 is 0 Å². The fourth-order valence-corrected chi connectivity index (χ4v) is 1.92. The third-order valence-electron chi connectivity index (χ3n) is 3.05. The number of carbonyl (C=O) groups is 1. The summed E-state index contributed by atoms with van der Waals surface area (Å²) in [6, 6.07) is 6.15. The molecule has 1 aromatic rings. The third kappa shape index (κ3) is 2.63. The molecule has 0 aliphatic carbocycles. The molecule has 16 heavy (non-hydrogen) atoms. The minimum absolute atomic E-state index is 0.376. The Morgan fingerprint density at radius 1 is 1.38 bits per heavy atom. The summed E-state index contributed by atoms with van der Waals surface area (Å²) in [6.45, 7) is 8.14. The highest BCUT2D eigenvalue weighted by Gasteiger charge is 2.20. The largest absolute Gasteiger partial charge is 0.481 e. The fraction of sp³-hybridized carbons (Fsp3) is 0.500. The van der Waals surface area contributed by atoms with E-state index in [1.165, 1.54) is 5.56 Å². The van der Waals surface area contributed by atoms with Gasteiger partial charge < -0.3 is 5.11 Å². The Morgan fingerprint density at radius 2 is 2.00 bits per heavy atom. The van der Waals surface area contributed by atoms with Gasteiger partial charge in [0, 0.05) is 0 Å². The van der Waals surface area contributed by atoms with Crippen molar-refractivity contribution in [2.45, 2.75) is 46.0 Å². The first kappa shape index (κ1) is 12.8. The van der Waals surface area contributed by atoms with E-state index >= 15 is 0 Å². The SMILES string of the molecule is CCC(C(=O)O)c1cc(C(C)C)ccc1C. The summed E-state index contributed by atoms with van der Waals surface area (Å²) in [7, 11) is 0. The van der Waals surface area contributed by atoms with Gasteiger partial charge >= 0.3 is 5.97 Å². The number of aliphatic carboxylic acids is 1. The smallest absolute Gasteiger partial charge is 0.310 e. The molecule has 88 valence electrons. The molecule has 0 heterocycles. The van der Waals surface area contributed by atoms with Crippen molar-refractivity contribution in [3.63, 3.8) is 0 Å². The average Bonchev–Trinajstić information content (AvgIpc) is 2.20. The first-order valence-electron chi connectivity index (χ1n) is 5.80. The normalized spacial score (nSPS) is 12.8. The molecule has 1 unspecified atom stereocenters. The lowest BCUT2D eigenvalue weighted by molar-refractivity contribution is -0.138. The zero-order valence-corrected chi connectivity index (χ0v) is 10.4. The number of hydrogen-bond donors (Lipinski definition) is 1. The van der Waals surface area contributed by atoms with Gasteiger partial charge in [-0.3, -0.25) is 4.79 Å². The Hall–Kier alpha value is -1.31. The molecule has 0 aliphatic rings. The maximum Gasteiger partial charge on any atom is 0.310 e. The van der Waals surface area contributed by atoms with E-state index < -0.39 is 5.97 Å². The summed E-state index contributed by atoms with van der Waals surface area (Å²) < 4.78 is 0.